The van der Waals surface area contributed by atoms with Crippen molar-refractivity contribution in [2.24, 2.45) is 0 Å². The zero-order valence-electron chi connectivity index (χ0n) is 11.3. The standard InChI is InChI=1S/C15H13ClN4O/c1-10(11-4-2-3-5-12(11)16)19-15(21)13-8-18-14-9-17-6-7-20(13)14/h2-10H,1H3,(H,19,21). The molecule has 0 bridgehead atoms. The maximum Gasteiger partial charge on any atom is 0.270 e. The first-order chi connectivity index (χ1) is 10.2. The van der Waals surface area contributed by atoms with E-state index in [-0.39, 0.29) is 11.9 Å². The van der Waals surface area contributed by atoms with Gasteiger partial charge in [0.25, 0.3) is 5.91 Å². The molecule has 1 amide bonds. The van der Waals surface area contributed by atoms with Crippen molar-refractivity contribution in [1.29, 1.82) is 0 Å². The summed E-state index contributed by atoms with van der Waals surface area (Å²) in [4.78, 5) is 20.5. The van der Waals surface area contributed by atoms with Crippen LogP contribution in [0.1, 0.15) is 29.0 Å². The van der Waals surface area contributed by atoms with Crippen LogP contribution < -0.4 is 5.32 Å². The first kappa shape index (κ1) is 13.6. The molecule has 21 heavy (non-hydrogen) atoms. The lowest BCUT2D eigenvalue weighted by Crippen LogP contribution is -2.27. The van der Waals surface area contributed by atoms with Crippen molar-refractivity contribution in [3.05, 3.63) is 65.3 Å². The van der Waals surface area contributed by atoms with Gasteiger partial charge in [0.1, 0.15) is 5.69 Å². The summed E-state index contributed by atoms with van der Waals surface area (Å²) in [6.45, 7) is 1.89. The third-order valence-corrected chi connectivity index (χ3v) is 3.61. The van der Waals surface area contributed by atoms with Crippen molar-refractivity contribution in [2.75, 3.05) is 0 Å². The molecule has 0 spiro atoms. The highest BCUT2D eigenvalue weighted by Crippen LogP contribution is 2.22. The highest BCUT2D eigenvalue weighted by molar-refractivity contribution is 6.31. The van der Waals surface area contributed by atoms with Gasteiger partial charge < -0.3 is 5.32 Å². The Morgan fingerprint density at radius 2 is 2.14 bits per heavy atom. The van der Waals surface area contributed by atoms with E-state index in [1.54, 1.807) is 29.1 Å². The minimum Gasteiger partial charge on any atom is -0.344 e. The SMILES string of the molecule is CC(NC(=O)c1cnc2cnccn12)c1ccccc1Cl. The number of hydrogen-bond acceptors (Lipinski definition) is 3. The average molecular weight is 301 g/mol. The molecule has 0 saturated carbocycles. The largest absolute Gasteiger partial charge is 0.344 e. The van der Waals surface area contributed by atoms with Gasteiger partial charge in [-0.25, -0.2) is 4.98 Å². The lowest BCUT2D eigenvalue weighted by molar-refractivity contribution is 0.0934. The molecule has 3 aromatic rings. The Balaban J connectivity index is 1.85. The summed E-state index contributed by atoms with van der Waals surface area (Å²) in [5, 5.41) is 3.56. The van der Waals surface area contributed by atoms with Gasteiger partial charge >= 0.3 is 0 Å². The van der Waals surface area contributed by atoms with Gasteiger partial charge in [0, 0.05) is 17.4 Å². The predicted octanol–water partition coefficient (Wildman–Crippen LogP) is 2.87. The molecule has 2 aromatic heterocycles. The number of fused-ring (bicyclic) bond motifs is 1. The van der Waals surface area contributed by atoms with Gasteiger partial charge in [-0.05, 0) is 18.6 Å². The number of benzene rings is 1. The molecule has 0 aliphatic heterocycles. The molecule has 1 atom stereocenters. The topological polar surface area (TPSA) is 59.3 Å². The van der Waals surface area contributed by atoms with Crippen LogP contribution in [-0.4, -0.2) is 20.3 Å². The molecule has 0 saturated heterocycles. The third kappa shape index (κ3) is 2.60. The van der Waals surface area contributed by atoms with E-state index < -0.39 is 0 Å². The van der Waals surface area contributed by atoms with Crippen LogP contribution in [0.3, 0.4) is 0 Å². The lowest BCUT2D eigenvalue weighted by Gasteiger charge is -2.15. The lowest BCUT2D eigenvalue weighted by atomic mass is 10.1. The molecular weight excluding hydrogens is 288 g/mol. The van der Waals surface area contributed by atoms with Crippen molar-refractivity contribution in [2.45, 2.75) is 13.0 Å². The van der Waals surface area contributed by atoms with Crippen molar-refractivity contribution < 1.29 is 4.79 Å². The van der Waals surface area contributed by atoms with E-state index in [1.807, 2.05) is 25.1 Å². The Hall–Kier alpha value is -2.40. The van der Waals surface area contributed by atoms with Crippen molar-refractivity contribution in [1.82, 2.24) is 19.7 Å². The Bertz CT molecular complexity index is 799. The second-order valence-corrected chi connectivity index (χ2v) is 5.07. The van der Waals surface area contributed by atoms with E-state index in [0.717, 1.165) is 5.56 Å². The van der Waals surface area contributed by atoms with Crippen LogP contribution in [0.15, 0.2) is 49.1 Å². The number of amides is 1. The minimum absolute atomic E-state index is 0.196. The maximum atomic E-state index is 12.4. The zero-order valence-corrected chi connectivity index (χ0v) is 12.1. The Labute approximate surface area is 126 Å². The highest BCUT2D eigenvalue weighted by Gasteiger charge is 2.16. The van der Waals surface area contributed by atoms with E-state index in [2.05, 4.69) is 15.3 Å². The number of rotatable bonds is 3. The number of aromatic nitrogens is 3. The van der Waals surface area contributed by atoms with Crippen molar-refractivity contribution in [3.8, 4) is 0 Å². The molecule has 5 nitrogen and oxygen atoms in total. The minimum atomic E-state index is -0.207. The van der Waals surface area contributed by atoms with E-state index >= 15 is 0 Å². The van der Waals surface area contributed by atoms with Gasteiger partial charge in [0.15, 0.2) is 5.65 Å². The summed E-state index contributed by atoms with van der Waals surface area (Å²) in [5.74, 6) is -0.207. The molecular formula is C15H13ClN4O. The van der Waals surface area contributed by atoms with Crippen LogP contribution >= 0.6 is 11.6 Å². The first-order valence-electron chi connectivity index (χ1n) is 6.49. The molecule has 1 N–H and O–H groups in total. The van der Waals surface area contributed by atoms with Crippen LogP contribution in [0.4, 0.5) is 0 Å². The van der Waals surface area contributed by atoms with E-state index in [9.17, 15) is 4.79 Å². The maximum absolute atomic E-state index is 12.4. The summed E-state index contributed by atoms with van der Waals surface area (Å²) >= 11 is 6.15. The molecule has 1 aromatic carbocycles. The number of carbonyl (C=O) groups excluding carboxylic acids is 1. The first-order valence-corrected chi connectivity index (χ1v) is 6.87. The molecule has 106 valence electrons. The van der Waals surface area contributed by atoms with Crippen LogP contribution in [0.25, 0.3) is 5.65 Å². The summed E-state index contributed by atoms with van der Waals surface area (Å²) in [5.41, 5.74) is 1.97. The monoisotopic (exact) mass is 300 g/mol. The van der Waals surface area contributed by atoms with Crippen molar-refractivity contribution >= 4 is 23.2 Å². The summed E-state index contributed by atoms with van der Waals surface area (Å²) in [6, 6.07) is 7.26. The molecule has 0 fully saturated rings. The van der Waals surface area contributed by atoms with Gasteiger partial charge in [-0.3, -0.25) is 14.2 Å². The van der Waals surface area contributed by atoms with Gasteiger partial charge in [-0.1, -0.05) is 29.8 Å². The summed E-state index contributed by atoms with van der Waals surface area (Å²) < 4.78 is 1.70. The van der Waals surface area contributed by atoms with Crippen molar-refractivity contribution in [3.63, 3.8) is 0 Å². The Kier molecular flexibility index (Phi) is 3.58. The van der Waals surface area contributed by atoms with Crippen LogP contribution in [-0.2, 0) is 0 Å². The van der Waals surface area contributed by atoms with Gasteiger partial charge in [0.2, 0.25) is 0 Å². The number of nitrogens with one attached hydrogen (secondary N) is 1. The molecule has 0 radical (unpaired) electrons. The number of nitrogens with zero attached hydrogens (tertiary/aromatic N) is 3. The molecule has 1 unspecified atom stereocenters. The van der Waals surface area contributed by atoms with Gasteiger partial charge in [0.05, 0.1) is 18.4 Å². The van der Waals surface area contributed by atoms with E-state index in [1.165, 1.54) is 6.20 Å². The Morgan fingerprint density at radius 1 is 1.33 bits per heavy atom. The molecule has 6 heteroatoms. The number of carbonyl (C=O) groups is 1. The van der Waals surface area contributed by atoms with E-state index in [4.69, 9.17) is 11.6 Å². The van der Waals surface area contributed by atoms with Crippen LogP contribution in [0, 0.1) is 0 Å². The molecule has 2 heterocycles. The van der Waals surface area contributed by atoms with E-state index in [0.29, 0.717) is 16.4 Å². The van der Waals surface area contributed by atoms with Gasteiger partial charge in [-0.15, -0.1) is 0 Å². The summed E-state index contributed by atoms with van der Waals surface area (Å²) in [7, 11) is 0. The average Bonchev–Trinajstić information content (AvgIpc) is 2.91. The quantitative estimate of drug-likeness (QED) is 0.809. The Morgan fingerprint density at radius 3 is 2.95 bits per heavy atom. The number of hydrogen-bond donors (Lipinski definition) is 1. The molecule has 0 aliphatic rings. The van der Waals surface area contributed by atoms with Crippen LogP contribution in [0.2, 0.25) is 5.02 Å². The smallest absolute Gasteiger partial charge is 0.270 e. The normalized spacial score (nSPS) is 12.3. The second kappa shape index (κ2) is 5.54. The number of imidazole rings is 1. The fourth-order valence-electron chi connectivity index (χ4n) is 2.18. The highest BCUT2D eigenvalue weighted by atomic mass is 35.5. The fourth-order valence-corrected chi connectivity index (χ4v) is 2.48. The molecule has 0 aliphatic carbocycles. The molecule has 3 rings (SSSR count). The van der Waals surface area contributed by atoms with Crippen LogP contribution in [0.5, 0.6) is 0 Å². The number of halogens is 1. The third-order valence-electron chi connectivity index (χ3n) is 3.27. The summed E-state index contributed by atoms with van der Waals surface area (Å²) in [6.07, 6.45) is 6.46. The predicted molar refractivity (Wildman–Crippen MR) is 80.3 cm³/mol. The zero-order chi connectivity index (χ0) is 14.8. The second-order valence-electron chi connectivity index (χ2n) is 4.66. The van der Waals surface area contributed by atoms with Gasteiger partial charge in [-0.2, -0.15) is 0 Å². The fraction of sp³-hybridized carbons (Fsp3) is 0.133.